The molecule has 0 aliphatic heterocycles. The van der Waals surface area contributed by atoms with Crippen molar-refractivity contribution in [3.05, 3.63) is 54.1 Å². The molecule has 1 unspecified atom stereocenters. The molecule has 0 N–H and O–H groups in total. The maximum atomic E-state index is 6.28. The smallest absolute Gasteiger partial charge is 0.165 e. The van der Waals surface area contributed by atoms with Gasteiger partial charge in [-0.05, 0) is 31.8 Å². The van der Waals surface area contributed by atoms with Crippen molar-refractivity contribution < 1.29 is 14.2 Å². The molecule has 1 atom stereocenters. The van der Waals surface area contributed by atoms with Crippen molar-refractivity contribution in [2.24, 2.45) is 0 Å². The second-order valence-electron chi connectivity index (χ2n) is 5.63. The Morgan fingerprint density at radius 1 is 0.913 bits per heavy atom. The van der Waals surface area contributed by atoms with Gasteiger partial charge in [-0.15, -0.1) is 0 Å². The number of benzene rings is 2. The number of hydrogen-bond donors (Lipinski definition) is 0. The molecule has 0 saturated heterocycles. The number of hydrogen-bond acceptors (Lipinski definition) is 4. The van der Waals surface area contributed by atoms with Crippen LogP contribution in [0.3, 0.4) is 0 Å². The van der Waals surface area contributed by atoms with Crippen LogP contribution in [-0.2, 0) is 0 Å². The minimum atomic E-state index is -0.0420. The Hall–Kier alpha value is -2.20. The summed E-state index contributed by atoms with van der Waals surface area (Å²) in [5.74, 6) is 2.15. The SMILES string of the molecule is COc1ccc(OC)c(OC(CCN(C)C)c2ccccc2)c1. The van der Waals surface area contributed by atoms with Gasteiger partial charge in [0.05, 0.1) is 14.2 Å². The van der Waals surface area contributed by atoms with Crippen LogP contribution in [0.15, 0.2) is 48.5 Å². The van der Waals surface area contributed by atoms with Crippen molar-refractivity contribution >= 4 is 0 Å². The van der Waals surface area contributed by atoms with Crippen LogP contribution in [0.4, 0.5) is 0 Å². The summed E-state index contributed by atoms with van der Waals surface area (Å²) in [6.07, 6.45) is 0.844. The van der Waals surface area contributed by atoms with E-state index < -0.39 is 0 Å². The van der Waals surface area contributed by atoms with E-state index in [0.717, 1.165) is 24.3 Å². The van der Waals surface area contributed by atoms with Gasteiger partial charge in [0, 0.05) is 19.0 Å². The molecule has 2 rings (SSSR count). The molecule has 23 heavy (non-hydrogen) atoms. The van der Waals surface area contributed by atoms with Crippen LogP contribution in [-0.4, -0.2) is 39.8 Å². The Bertz CT molecular complexity index is 599. The van der Waals surface area contributed by atoms with Crippen molar-refractivity contribution in [3.8, 4) is 17.2 Å². The fourth-order valence-electron chi connectivity index (χ4n) is 2.37. The highest BCUT2D eigenvalue weighted by molar-refractivity contribution is 5.46. The molecule has 4 nitrogen and oxygen atoms in total. The Morgan fingerprint density at radius 2 is 1.65 bits per heavy atom. The molecule has 124 valence electrons. The second-order valence-corrected chi connectivity index (χ2v) is 5.63. The molecule has 2 aromatic rings. The van der Waals surface area contributed by atoms with Gasteiger partial charge >= 0.3 is 0 Å². The molecular formula is C19H25NO3. The highest BCUT2D eigenvalue weighted by atomic mass is 16.5. The van der Waals surface area contributed by atoms with Crippen LogP contribution in [0, 0.1) is 0 Å². The Labute approximate surface area is 138 Å². The van der Waals surface area contributed by atoms with E-state index >= 15 is 0 Å². The molecule has 0 heterocycles. The topological polar surface area (TPSA) is 30.9 Å². The molecule has 0 aliphatic rings. The Kier molecular flexibility index (Phi) is 6.29. The van der Waals surface area contributed by atoms with Crippen molar-refractivity contribution in [3.63, 3.8) is 0 Å². The van der Waals surface area contributed by atoms with Crippen LogP contribution in [0.25, 0.3) is 0 Å². The zero-order valence-electron chi connectivity index (χ0n) is 14.3. The first-order valence-electron chi connectivity index (χ1n) is 7.72. The van der Waals surface area contributed by atoms with Crippen molar-refractivity contribution in [1.82, 2.24) is 4.90 Å². The van der Waals surface area contributed by atoms with Gasteiger partial charge in [-0.1, -0.05) is 30.3 Å². The maximum Gasteiger partial charge on any atom is 0.165 e. The molecule has 4 heteroatoms. The van der Waals surface area contributed by atoms with Gasteiger partial charge in [0.25, 0.3) is 0 Å². The monoisotopic (exact) mass is 315 g/mol. The normalized spacial score (nSPS) is 12.0. The van der Waals surface area contributed by atoms with Crippen molar-refractivity contribution in [1.29, 1.82) is 0 Å². The Balaban J connectivity index is 2.26. The van der Waals surface area contributed by atoms with E-state index in [9.17, 15) is 0 Å². The predicted molar refractivity (Wildman–Crippen MR) is 92.5 cm³/mol. The van der Waals surface area contributed by atoms with E-state index in [-0.39, 0.29) is 6.10 Å². The van der Waals surface area contributed by atoms with Gasteiger partial charge < -0.3 is 19.1 Å². The molecule has 0 aliphatic carbocycles. The molecular weight excluding hydrogens is 290 g/mol. The van der Waals surface area contributed by atoms with Gasteiger partial charge in [0.2, 0.25) is 0 Å². The number of methoxy groups -OCH3 is 2. The second kappa shape index (κ2) is 8.44. The third-order valence-electron chi connectivity index (χ3n) is 3.65. The van der Waals surface area contributed by atoms with Gasteiger partial charge in [-0.3, -0.25) is 0 Å². The minimum Gasteiger partial charge on any atom is -0.497 e. The number of rotatable bonds is 8. The first-order valence-corrected chi connectivity index (χ1v) is 7.72. The fraction of sp³-hybridized carbons (Fsp3) is 0.368. The molecule has 0 saturated carbocycles. The van der Waals surface area contributed by atoms with E-state index in [4.69, 9.17) is 14.2 Å². The summed E-state index contributed by atoms with van der Waals surface area (Å²) in [6.45, 7) is 0.936. The Morgan fingerprint density at radius 3 is 2.26 bits per heavy atom. The molecule has 2 aromatic carbocycles. The minimum absolute atomic E-state index is 0.0420. The standard InChI is InChI=1S/C19H25NO3/c1-20(2)13-12-17(15-8-6-5-7-9-15)23-19-14-16(21-3)10-11-18(19)22-4/h5-11,14,17H,12-13H2,1-4H3. The maximum absolute atomic E-state index is 6.28. The quantitative estimate of drug-likeness (QED) is 0.742. The largest absolute Gasteiger partial charge is 0.497 e. The van der Waals surface area contributed by atoms with Gasteiger partial charge in [-0.25, -0.2) is 0 Å². The first-order chi connectivity index (χ1) is 11.1. The van der Waals surface area contributed by atoms with Crippen LogP contribution >= 0.6 is 0 Å². The van der Waals surface area contributed by atoms with Gasteiger partial charge in [0.1, 0.15) is 11.9 Å². The molecule has 0 aromatic heterocycles. The van der Waals surface area contributed by atoms with Gasteiger partial charge in [-0.2, -0.15) is 0 Å². The number of nitrogens with zero attached hydrogens (tertiary/aromatic N) is 1. The summed E-state index contributed by atoms with van der Waals surface area (Å²) in [5.41, 5.74) is 1.15. The molecule has 0 radical (unpaired) electrons. The summed E-state index contributed by atoms with van der Waals surface area (Å²) in [4.78, 5) is 2.15. The molecule has 0 spiro atoms. The number of ether oxygens (including phenoxy) is 3. The third kappa shape index (κ3) is 4.89. The lowest BCUT2D eigenvalue weighted by atomic mass is 10.1. The average Bonchev–Trinajstić information content (AvgIpc) is 2.59. The lowest BCUT2D eigenvalue weighted by Crippen LogP contribution is -2.19. The van der Waals surface area contributed by atoms with Gasteiger partial charge in [0.15, 0.2) is 11.5 Å². The highest BCUT2D eigenvalue weighted by Gasteiger charge is 2.17. The van der Waals surface area contributed by atoms with E-state index in [2.05, 4.69) is 31.1 Å². The van der Waals surface area contributed by atoms with E-state index in [1.54, 1.807) is 14.2 Å². The first kappa shape index (κ1) is 17.2. The van der Waals surface area contributed by atoms with E-state index in [0.29, 0.717) is 11.5 Å². The highest BCUT2D eigenvalue weighted by Crippen LogP contribution is 2.35. The molecule has 0 fully saturated rings. The summed E-state index contributed by atoms with van der Waals surface area (Å²) in [6, 6.07) is 15.8. The lowest BCUT2D eigenvalue weighted by molar-refractivity contribution is 0.172. The fourth-order valence-corrected chi connectivity index (χ4v) is 2.37. The van der Waals surface area contributed by atoms with Crippen molar-refractivity contribution in [2.75, 3.05) is 34.9 Å². The van der Waals surface area contributed by atoms with E-state index in [1.165, 1.54) is 0 Å². The zero-order chi connectivity index (χ0) is 16.7. The van der Waals surface area contributed by atoms with Crippen molar-refractivity contribution in [2.45, 2.75) is 12.5 Å². The lowest BCUT2D eigenvalue weighted by Gasteiger charge is -2.23. The predicted octanol–water partition coefficient (Wildman–Crippen LogP) is 3.78. The average molecular weight is 315 g/mol. The third-order valence-corrected chi connectivity index (χ3v) is 3.65. The van der Waals surface area contributed by atoms with Crippen LogP contribution < -0.4 is 14.2 Å². The van der Waals surface area contributed by atoms with Crippen LogP contribution in [0.2, 0.25) is 0 Å². The summed E-state index contributed by atoms with van der Waals surface area (Å²) < 4.78 is 17.0. The van der Waals surface area contributed by atoms with Crippen LogP contribution in [0.1, 0.15) is 18.1 Å². The van der Waals surface area contributed by atoms with Crippen LogP contribution in [0.5, 0.6) is 17.2 Å². The van der Waals surface area contributed by atoms with E-state index in [1.807, 2.05) is 36.4 Å². The molecule has 0 amide bonds. The summed E-state index contributed by atoms with van der Waals surface area (Å²) in [7, 11) is 7.42. The zero-order valence-corrected chi connectivity index (χ0v) is 14.3. The molecule has 0 bridgehead atoms. The summed E-state index contributed by atoms with van der Waals surface area (Å²) >= 11 is 0. The summed E-state index contributed by atoms with van der Waals surface area (Å²) in [5, 5.41) is 0.